The van der Waals surface area contributed by atoms with E-state index in [0.717, 1.165) is 39.0 Å². The zero-order valence-corrected chi connectivity index (χ0v) is 14.4. The van der Waals surface area contributed by atoms with Crippen molar-refractivity contribution in [2.24, 2.45) is 5.92 Å². The molecule has 0 radical (unpaired) electrons. The van der Waals surface area contributed by atoms with Gasteiger partial charge in [-0.25, -0.2) is 0 Å². The molecule has 0 bridgehead atoms. The van der Waals surface area contributed by atoms with Gasteiger partial charge in [-0.3, -0.25) is 9.69 Å². The first kappa shape index (κ1) is 18.2. The maximum absolute atomic E-state index is 12.0. The van der Waals surface area contributed by atoms with Crippen molar-refractivity contribution in [2.45, 2.75) is 59.5 Å². The van der Waals surface area contributed by atoms with Gasteiger partial charge in [-0.15, -0.1) is 0 Å². The van der Waals surface area contributed by atoms with Gasteiger partial charge in [0.1, 0.15) is 0 Å². The summed E-state index contributed by atoms with van der Waals surface area (Å²) < 4.78 is 0. The van der Waals surface area contributed by atoms with Gasteiger partial charge in [0.05, 0.1) is 6.04 Å². The van der Waals surface area contributed by atoms with E-state index >= 15 is 0 Å². The predicted octanol–water partition coefficient (Wildman–Crippen LogP) is 2.17. The van der Waals surface area contributed by atoms with Gasteiger partial charge in [-0.05, 0) is 52.6 Å². The summed E-state index contributed by atoms with van der Waals surface area (Å²) in [5, 5.41) is 6.47. The minimum absolute atomic E-state index is 0.0990. The normalized spacial score (nSPS) is 18.6. The second-order valence-corrected chi connectivity index (χ2v) is 6.88. The third-order valence-electron chi connectivity index (χ3n) is 3.91. The van der Waals surface area contributed by atoms with E-state index in [9.17, 15) is 4.79 Å². The SMILES string of the molecule is CC(C)=CCN1CCC(NC(C)C(=O)NCC(C)C)CC1. The van der Waals surface area contributed by atoms with Crippen molar-refractivity contribution in [1.29, 1.82) is 0 Å². The molecule has 0 aliphatic carbocycles. The Balaban J connectivity index is 2.25. The molecule has 1 saturated heterocycles. The first-order valence-corrected chi connectivity index (χ1v) is 8.28. The van der Waals surface area contributed by atoms with Crippen molar-refractivity contribution < 1.29 is 4.79 Å². The van der Waals surface area contributed by atoms with Crippen LogP contribution in [0.15, 0.2) is 11.6 Å². The van der Waals surface area contributed by atoms with E-state index in [1.165, 1.54) is 5.57 Å². The van der Waals surface area contributed by atoms with E-state index in [-0.39, 0.29) is 11.9 Å². The lowest BCUT2D eigenvalue weighted by atomic mass is 10.0. The zero-order chi connectivity index (χ0) is 15.8. The fraction of sp³-hybridized carbons (Fsp3) is 0.824. The number of carbonyl (C=O) groups excluding carboxylic acids is 1. The smallest absolute Gasteiger partial charge is 0.236 e. The van der Waals surface area contributed by atoms with Gasteiger partial charge in [-0.1, -0.05) is 25.5 Å². The first-order chi connectivity index (χ1) is 9.88. The van der Waals surface area contributed by atoms with Crippen molar-refractivity contribution in [1.82, 2.24) is 15.5 Å². The quantitative estimate of drug-likeness (QED) is 0.708. The number of amides is 1. The first-order valence-electron chi connectivity index (χ1n) is 8.28. The summed E-state index contributed by atoms with van der Waals surface area (Å²) in [6.45, 7) is 14.5. The summed E-state index contributed by atoms with van der Waals surface area (Å²) in [6.07, 6.45) is 4.53. The highest BCUT2D eigenvalue weighted by Gasteiger charge is 2.22. The summed E-state index contributed by atoms with van der Waals surface area (Å²) in [4.78, 5) is 14.5. The van der Waals surface area contributed by atoms with Crippen LogP contribution < -0.4 is 10.6 Å². The van der Waals surface area contributed by atoms with Gasteiger partial charge in [-0.2, -0.15) is 0 Å². The highest BCUT2D eigenvalue weighted by Crippen LogP contribution is 2.11. The zero-order valence-electron chi connectivity index (χ0n) is 14.4. The van der Waals surface area contributed by atoms with Crippen molar-refractivity contribution >= 4 is 5.91 Å². The molecule has 0 aromatic carbocycles. The molecule has 0 aromatic rings. The molecule has 1 aliphatic rings. The van der Waals surface area contributed by atoms with Crippen LogP contribution in [0.4, 0.5) is 0 Å². The van der Waals surface area contributed by atoms with Crippen LogP contribution in [0, 0.1) is 5.92 Å². The third kappa shape index (κ3) is 7.63. The molecule has 1 aliphatic heterocycles. The van der Waals surface area contributed by atoms with Gasteiger partial charge in [0.25, 0.3) is 0 Å². The van der Waals surface area contributed by atoms with Crippen LogP contribution in [-0.4, -0.2) is 49.1 Å². The van der Waals surface area contributed by atoms with E-state index in [4.69, 9.17) is 0 Å². The number of carbonyl (C=O) groups is 1. The molecular formula is C17H33N3O. The second kappa shape index (κ2) is 9.21. The summed E-state index contributed by atoms with van der Waals surface area (Å²) in [5.41, 5.74) is 1.38. The lowest BCUT2D eigenvalue weighted by Crippen LogP contribution is -2.50. The molecule has 0 spiro atoms. The van der Waals surface area contributed by atoms with Crippen LogP contribution >= 0.6 is 0 Å². The lowest BCUT2D eigenvalue weighted by Gasteiger charge is -2.33. The van der Waals surface area contributed by atoms with Crippen molar-refractivity contribution in [2.75, 3.05) is 26.2 Å². The molecule has 2 N–H and O–H groups in total. The number of hydrogen-bond acceptors (Lipinski definition) is 3. The Labute approximate surface area is 130 Å². The number of nitrogens with zero attached hydrogens (tertiary/aromatic N) is 1. The largest absolute Gasteiger partial charge is 0.354 e. The van der Waals surface area contributed by atoms with Crippen LogP contribution in [0.3, 0.4) is 0 Å². The summed E-state index contributed by atoms with van der Waals surface area (Å²) >= 11 is 0. The van der Waals surface area contributed by atoms with Gasteiger partial charge in [0.15, 0.2) is 0 Å². The minimum atomic E-state index is -0.0990. The Morgan fingerprint density at radius 1 is 1.24 bits per heavy atom. The van der Waals surface area contributed by atoms with E-state index < -0.39 is 0 Å². The second-order valence-electron chi connectivity index (χ2n) is 6.88. The van der Waals surface area contributed by atoms with Crippen LogP contribution in [0.25, 0.3) is 0 Å². The average molecular weight is 295 g/mol. The standard InChI is InChI=1S/C17H33N3O/c1-13(2)6-9-20-10-7-16(8-11-20)19-15(5)17(21)18-12-14(3)4/h6,14-16,19H,7-12H2,1-5H3,(H,18,21). The lowest BCUT2D eigenvalue weighted by molar-refractivity contribution is -0.123. The number of hydrogen-bond donors (Lipinski definition) is 2. The Morgan fingerprint density at radius 2 is 1.86 bits per heavy atom. The maximum atomic E-state index is 12.0. The molecule has 1 amide bonds. The molecule has 4 nitrogen and oxygen atoms in total. The van der Waals surface area contributed by atoms with Gasteiger partial charge in [0, 0.05) is 19.1 Å². The number of rotatable bonds is 7. The molecule has 0 saturated carbocycles. The molecule has 0 aromatic heterocycles. The number of allylic oxidation sites excluding steroid dienone is 1. The topological polar surface area (TPSA) is 44.4 Å². The minimum Gasteiger partial charge on any atom is -0.354 e. The Hall–Kier alpha value is -0.870. The van der Waals surface area contributed by atoms with E-state index in [0.29, 0.717) is 12.0 Å². The average Bonchev–Trinajstić information content (AvgIpc) is 2.43. The Morgan fingerprint density at radius 3 is 2.38 bits per heavy atom. The Bertz CT molecular complexity index is 340. The van der Waals surface area contributed by atoms with Crippen LogP contribution in [0.2, 0.25) is 0 Å². The van der Waals surface area contributed by atoms with Gasteiger partial charge < -0.3 is 10.6 Å². The molecule has 122 valence electrons. The van der Waals surface area contributed by atoms with Crippen molar-refractivity contribution in [3.63, 3.8) is 0 Å². The fourth-order valence-corrected chi connectivity index (χ4v) is 2.48. The molecule has 1 fully saturated rings. The highest BCUT2D eigenvalue weighted by atomic mass is 16.2. The summed E-state index contributed by atoms with van der Waals surface area (Å²) in [6, 6.07) is 0.367. The monoisotopic (exact) mass is 295 g/mol. The number of nitrogens with one attached hydrogen (secondary N) is 2. The number of likely N-dealkylation sites (tertiary alicyclic amines) is 1. The van der Waals surface area contributed by atoms with Crippen LogP contribution in [0.1, 0.15) is 47.5 Å². The summed E-state index contributed by atoms with van der Waals surface area (Å²) in [7, 11) is 0. The summed E-state index contributed by atoms with van der Waals surface area (Å²) in [5.74, 6) is 0.620. The van der Waals surface area contributed by atoms with E-state index in [1.807, 2.05) is 6.92 Å². The van der Waals surface area contributed by atoms with Gasteiger partial charge in [0.2, 0.25) is 5.91 Å². The number of piperidine rings is 1. The molecule has 1 unspecified atom stereocenters. The highest BCUT2D eigenvalue weighted by molar-refractivity contribution is 5.81. The van der Waals surface area contributed by atoms with Crippen molar-refractivity contribution in [3.8, 4) is 0 Å². The predicted molar refractivity (Wildman–Crippen MR) is 89.3 cm³/mol. The van der Waals surface area contributed by atoms with Gasteiger partial charge >= 0.3 is 0 Å². The molecule has 1 atom stereocenters. The van der Waals surface area contributed by atoms with Crippen LogP contribution in [-0.2, 0) is 4.79 Å². The van der Waals surface area contributed by atoms with E-state index in [2.05, 4.69) is 49.3 Å². The third-order valence-corrected chi connectivity index (χ3v) is 3.91. The molecule has 4 heteroatoms. The Kier molecular flexibility index (Phi) is 7.97. The molecule has 21 heavy (non-hydrogen) atoms. The molecule has 1 heterocycles. The van der Waals surface area contributed by atoms with Crippen LogP contribution in [0.5, 0.6) is 0 Å². The van der Waals surface area contributed by atoms with E-state index in [1.54, 1.807) is 0 Å². The fourth-order valence-electron chi connectivity index (χ4n) is 2.48. The van der Waals surface area contributed by atoms with Crippen molar-refractivity contribution in [3.05, 3.63) is 11.6 Å². The molecular weight excluding hydrogens is 262 g/mol. The molecule has 1 rings (SSSR count). The maximum Gasteiger partial charge on any atom is 0.236 e.